The summed E-state index contributed by atoms with van der Waals surface area (Å²) in [7, 11) is 0. The molecule has 3 N–H and O–H groups in total. The summed E-state index contributed by atoms with van der Waals surface area (Å²) in [5.74, 6) is -0.151. The number of aryl methyl sites for hydroxylation is 1. The van der Waals surface area contributed by atoms with Crippen molar-refractivity contribution in [2.45, 2.75) is 26.7 Å². The lowest BCUT2D eigenvalue weighted by atomic mass is 10.1. The van der Waals surface area contributed by atoms with Gasteiger partial charge in [-0.25, -0.2) is 0 Å². The molecule has 0 radical (unpaired) electrons. The van der Waals surface area contributed by atoms with E-state index in [0.717, 1.165) is 34.3 Å². The molecule has 5 heteroatoms. The largest absolute Gasteiger partial charge is 0.466 e. The van der Waals surface area contributed by atoms with E-state index in [2.05, 4.69) is 10.3 Å². The quantitative estimate of drug-likeness (QED) is 0.485. The molecular weight excluding hydrogens is 266 g/mol. The number of hydrogen-bond acceptors (Lipinski definition) is 5. The van der Waals surface area contributed by atoms with E-state index in [1.165, 1.54) is 0 Å². The number of nitrogens with zero attached hydrogens (tertiary/aromatic N) is 1. The number of nitrogen functional groups attached to an aromatic ring is 1. The van der Waals surface area contributed by atoms with Gasteiger partial charge in [-0.05, 0) is 38.5 Å². The summed E-state index contributed by atoms with van der Waals surface area (Å²) in [5, 5.41) is 5.34. The Morgan fingerprint density at radius 2 is 2.19 bits per heavy atom. The van der Waals surface area contributed by atoms with Crippen molar-refractivity contribution in [2.75, 3.05) is 24.2 Å². The van der Waals surface area contributed by atoms with Gasteiger partial charge in [0.25, 0.3) is 0 Å². The maximum atomic E-state index is 11.3. The first-order valence-electron chi connectivity index (χ1n) is 7.16. The molecule has 0 fully saturated rings. The highest BCUT2D eigenvalue weighted by atomic mass is 16.5. The maximum absolute atomic E-state index is 11.3. The summed E-state index contributed by atoms with van der Waals surface area (Å²) in [5.41, 5.74) is 8.65. The molecule has 0 saturated carbocycles. The molecule has 0 saturated heterocycles. The second kappa shape index (κ2) is 6.92. The highest BCUT2D eigenvalue weighted by Gasteiger charge is 2.06. The van der Waals surface area contributed by atoms with Crippen LogP contribution in [0.25, 0.3) is 10.8 Å². The van der Waals surface area contributed by atoms with Crippen LogP contribution in [0.2, 0.25) is 0 Å². The van der Waals surface area contributed by atoms with Crippen molar-refractivity contribution in [1.82, 2.24) is 4.98 Å². The molecule has 0 aliphatic carbocycles. The zero-order chi connectivity index (χ0) is 15.2. The van der Waals surface area contributed by atoms with E-state index >= 15 is 0 Å². The molecule has 21 heavy (non-hydrogen) atoms. The van der Waals surface area contributed by atoms with Crippen LogP contribution in [0, 0.1) is 6.92 Å². The number of ether oxygens (including phenoxy) is 1. The first-order chi connectivity index (χ1) is 10.1. The van der Waals surface area contributed by atoms with Crippen molar-refractivity contribution in [3.05, 3.63) is 30.1 Å². The van der Waals surface area contributed by atoms with Crippen molar-refractivity contribution in [1.29, 1.82) is 0 Å². The second-order valence-electron chi connectivity index (χ2n) is 4.91. The Balaban J connectivity index is 2.04. The van der Waals surface area contributed by atoms with Gasteiger partial charge in [0.1, 0.15) is 0 Å². The van der Waals surface area contributed by atoms with Gasteiger partial charge in [0.05, 0.1) is 6.61 Å². The Morgan fingerprint density at radius 3 is 2.95 bits per heavy atom. The van der Waals surface area contributed by atoms with Gasteiger partial charge in [-0.1, -0.05) is 0 Å². The second-order valence-corrected chi connectivity index (χ2v) is 4.91. The number of rotatable bonds is 6. The van der Waals surface area contributed by atoms with E-state index in [4.69, 9.17) is 10.5 Å². The number of aromatic nitrogens is 1. The third-order valence-corrected chi connectivity index (χ3v) is 3.25. The third kappa shape index (κ3) is 3.84. The van der Waals surface area contributed by atoms with Crippen LogP contribution in [0.15, 0.2) is 24.4 Å². The van der Waals surface area contributed by atoms with Gasteiger partial charge < -0.3 is 15.8 Å². The van der Waals surface area contributed by atoms with Crippen LogP contribution in [-0.2, 0) is 9.53 Å². The van der Waals surface area contributed by atoms with Crippen LogP contribution >= 0.6 is 0 Å². The van der Waals surface area contributed by atoms with Gasteiger partial charge in [-0.3, -0.25) is 9.78 Å². The smallest absolute Gasteiger partial charge is 0.305 e. The minimum absolute atomic E-state index is 0.151. The van der Waals surface area contributed by atoms with Crippen molar-refractivity contribution in [3.63, 3.8) is 0 Å². The number of anilines is 2. The summed E-state index contributed by atoms with van der Waals surface area (Å²) in [4.78, 5) is 15.6. The molecule has 1 heterocycles. The van der Waals surface area contributed by atoms with Gasteiger partial charge in [0, 0.05) is 47.0 Å². The molecule has 5 nitrogen and oxygen atoms in total. The van der Waals surface area contributed by atoms with E-state index in [-0.39, 0.29) is 5.97 Å². The molecule has 0 aliphatic rings. The van der Waals surface area contributed by atoms with Crippen molar-refractivity contribution >= 4 is 28.1 Å². The molecule has 0 aliphatic heterocycles. The van der Waals surface area contributed by atoms with Gasteiger partial charge in [0.2, 0.25) is 0 Å². The number of hydrogen-bond donors (Lipinski definition) is 2. The van der Waals surface area contributed by atoms with Crippen molar-refractivity contribution in [3.8, 4) is 0 Å². The number of nitrogens with two attached hydrogens (primary N) is 1. The molecule has 1 aromatic heterocycles. The zero-order valence-corrected chi connectivity index (χ0v) is 12.5. The zero-order valence-electron chi connectivity index (χ0n) is 12.5. The summed E-state index contributed by atoms with van der Waals surface area (Å²) in [6.07, 6.45) is 2.95. The van der Waals surface area contributed by atoms with Crippen molar-refractivity contribution < 1.29 is 9.53 Å². The number of esters is 1. The molecule has 2 aromatic rings. The molecule has 0 amide bonds. The fourth-order valence-electron chi connectivity index (χ4n) is 2.21. The fraction of sp³-hybridized carbons (Fsp3) is 0.375. The summed E-state index contributed by atoms with van der Waals surface area (Å²) in [6, 6.07) is 5.84. The molecule has 0 bridgehead atoms. The van der Waals surface area contributed by atoms with Gasteiger partial charge in [0.15, 0.2) is 0 Å². The Bertz CT molecular complexity index is 641. The highest BCUT2D eigenvalue weighted by Crippen LogP contribution is 2.28. The number of fused-ring (bicyclic) bond motifs is 1. The average molecular weight is 287 g/mol. The summed E-state index contributed by atoms with van der Waals surface area (Å²) in [6.45, 7) is 4.90. The maximum Gasteiger partial charge on any atom is 0.305 e. The Morgan fingerprint density at radius 1 is 1.38 bits per heavy atom. The van der Waals surface area contributed by atoms with Crippen LogP contribution in [0.4, 0.5) is 11.4 Å². The normalized spacial score (nSPS) is 10.6. The van der Waals surface area contributed by atoms with Crippen LogP contribution < -0.4 is 11.1 Å². The minimum atomic E-state index is -0.151. The van der Waals surface area contributed by atoms with E-state index in [0.29, 0.717) is 19.6 Å². The lowest BCUT2D eigenvalue weighted by Gasteiger charge is -2.11. The van der Waals surface area contributed by atoms with E-state index in [1.54, 1.807) is 6.20 Å². The SMILES string of the molecule is CCOC(=O)CCCNc1ccc(N)c2cnc(C)cc12. The number of benzene rings is 1. The topological polar surface area (TPSA) is 77.2 Å². The van der Waals surface area contributed by atoms with E-state index in [1.807, 2.05) is 32.0 Å². The Kier molecular flexibility index (Phi) is 4.98. The first-order valence-corrected chi connectivity index (χ1v) is 7.16. The van der Waals surface area contributed by atoms with E-state index < -0.39 is 0 Å². The van der Waals surface area contributed by atoms with Crippen LogP contribution in [0.1, 0.15) is 25.5 Å². The molecule has 0 atom stereocenters. The highest BCUT2D eigenvalue weighted by molar-refractivity contribution is 6.00. The molecule has 112 valence electrons. The van der Waals surface area contributed by atoms with Crippen molar-refractivity contribution in [2.24, 2.45) is 0 Å². The predicted molar refractivity (Wildman–Crippen MR) is 85.2 cm³/mol. The molecule has 0 spiro atoms. The number of carbonyl (C=O) groups excluding carboxylic acids is 1. The van der Waals surface area contributed by atoms with Crippen LogP contribution in [0.3, 0.4) is 0 Å². The Labute approximate surface area is 124 Å². The van der Waals surface area contributed by atoms with Gasteiger partial charge in [-0.15, -0.1) is 0 Å². The number of carbonyl (C=O) groups is 1. The summed E-state index contributed by atoms with van der Waals surface area (Å²) >= 11 is 0. The molecule has 0 unspecified atom stereocenters. The minimum Gasteiger partial charge on any atom is -0.466 e. The monoisotopic (exact) mass is 287 g/mol. The van der Waals surface area contributed by atoms with Gasteiger partial charge >= 0.3 is 5.97 Å². The number of nitrogens with one attached hydrogen (secondary N) is 1. The van der Waals surface area contributed by atoms with E-state index in [9.17, 15) is 4.79 Å². The first kappa shape index (κ1) is 15.1. The summed E-state index contributed by atoms with van der Waals surface area (Å²) < 4.78 is 4.90. The molecule has 1 aromatic carbocycles. The van der Waals surface area contributed by atoms with Crippen LogP contribution in [-0.4, -0.2) is 24.1 Å². The Hall–Kier alpha value is -2.30. The fourth-order valence-corrected chi connectivity index (χ4v) is 2.21. The number of pyridine rings is 1. The standard InChI is InChI=1S/C16H21N3O2/c1-3-21-16(20)5-4-8-18-15-7-6-14(17)13-10-19-11(2)9-12(13)15/h6-7,9-10,18H,3-5,8,17H2,1-2H3. The lowest BCUT2D eigenvalue weighted by Crippen LogP contribution is -2.08. The predicted octanol–water partition coefficient (Wildman–Crippen LogP) is 2.88. The molecule has 2 rings (SSSR count). The third-order valence-electron chi connectivity index (χ3n) is 3.25. The average Bonchev–Trinajstić information content (AvgIpc) is 2.46. The lowest BCUT2D eigenvalue weighted by molar-refractivity contribution is -0.143. The van der Waals surface area contributed by atoms with Gasteiger partial charge in [-0.2, -0.15) is 0 Å². The molecular formula is C16H21N3O2. The van der Waals surface area contributed by atoms with Crippen LogP contribution in [0.5, 0.6) is 0 Å².